The fourth-order valence-corrected chi connectivity index (χ4v) is 2.94. The second kappa shape index (κ2) is 7.40. The van der Waals surface area contributed by atoms with Crippen LogP contribution in [0.3, 0.4) is 0 Å². The number of amides is 2. The summed E-state index contributed by atoms with van der Waals surface area (Å²) in [6, 6.07) is 17.0. The number of anilines is 1. The molecule has 0 aliphatic heterocycles. The molecule has 1 heterocycles. The Kier molecular flexibility index (Phi) is 5.05. The van der Waals surface area contributed by atoms with E-state index in [1.807, 2.05) is 68.6 Å². The summed E-state index contributed by atoms with van der Waals surface area (Å²) in [7, 11) is 1.83. The molecule has 25 heavy (non-hydrogen) atoms. The van der Waals surface area contributed by atoms with Gasteiger partial charge in [0.1, 0.15) is 0 Å². The van der Waals surface area contributed by atoms with Gasteiger partial charge in [0.05, 0.1) is 23.0 Å². The highest BCUT2D eigenvalue weighted by molar-refractivity contribution is 6.33. The summed E-state index contributed by atoms with van der Waals surface area (Å²) >= 11 is 6.19. The van der Waals surface area contributed by atoms with Gasteiger partial charge in [0.2, 0.25) is 0 Å². The third-order valence-corrected chi connectivity index (χ3v) is 4.21. The second-order valence-electron chi connectivity index (χ2n) is 5.78. The fourth-order valence-electron chi connectivity index (χ4n) is 2.67. The number of carbonyl (C=O) groups excluding carboxylic acids is 1. The zero-order valence-corrected chi connectivity index (χ0v) is 14.8. The summed E-state index contributed by atoms with van der Waals surface area (Å²) in [6.45, 7) is 1.95. The van der Waals surface area contributed by atoms with E-state index < -0.39 is 0 Å². The molecule has 6 heteroatoms. The number of rotatable bonds is 4. The number of aromatic nitrogens is 2. The van der Waals surface area contributed by atoms with Gasteiger partial charge in [-0.25, -0.2) is 4.79 Å². The highest BCUT2D eigenvalue weighted by Crippen LogP contribution is 2.28. The molecule has 1 atom stereocenters. The predicted octanol–water partition coefficient (Wildman–Crippen LogP) is 4.62. The minimum absolute atomic E-state index is 0.0871. The number of benzene rings is 2. The maximum atomic E-state index is 12.3. The number of halogens is 1. The van der Waals surface area contributed by atoms with Crippen molar-refractivity contribution in [3.8, 4) is 11.3 Å². The Balaban J connectivity index is 1.71. The van der Waals surface area contributed by atoms with Crippen molar-refractivity contribution in [2.45, 2.75) is 13.0 Å². The van der Waals surface area contributed by atoms with Gasteiger partial charge in [0.25, 0.3) is 0 Å². The first-order valence-electron chi connectivity index (χ1n) is 7.95. The minimum atomic E-state index is -0.260. The average Bonchev–Trinajstić information content (AvgIpc) is 2.94. The van der Waals surface area contributed by atoms with Gasteiger partial charge in [0, 0.05) is 18.3 Å². The smallest absolute Gasteiger partial charge is 0.319 e. The Morgan fingerprint density at radius 3 is 2.60 bits per heavy atom. The number of nitrogens with zero attached hydrogens (tertiary/aromatic N) is 2. The first-order valence-corrected chi connectivity index (χ1v) is 8.33. The molecule has 0 aliphatic carbocycles. The SMILES string of the molecule is CC(NC(=O)Nc1cccc(-c2c(Cl)cnn2C)c1)c1ccccc1. The topological polar surface area (TPSA) is 59.0 Å². The Hall–Kier alpha value is -2.79. The molecule has 0 bridgehead atoms. The normalized spacial score (nSPS) is 11.8. The molecule has 0 fully saturated rings. The molecule has 2 N–H and O–H groups in total. The van der Waals surface area contributed by atoms with Crippen LogP contribution in [0.4, 0.5) is 10.5 Å². The Bertz CT molecular complexity index is 857. The summed E-state index contributed by atoms with van der Waals surface area (Å²) in [6.07, 6.45) is 1.60. The lowest BCUT2D eigenvalue weighted by Crippen LogP contribution is -2.31. The molecular weight excluding hydrogens is 336 g/mol. The van der Waals surface area contributed by atoms with Gasteiger partial charge in [-0.05, 0) is 24.6 Å². The zero-order chi connectivity index (χ0) is 17.8. The van der Waals surface area contributed by atoms with Gasteiger partial charge in [-0.1, -0.05) is 54.1 Å². The maximum absolute atomic E-state index is 12.3. The van der Waals surface area contributed by atoms with Crippen molar-refractivity contribution < 1.29 is 4.79 Å². The van der Waals surface area contributed by atoms with Crippen molar-refractivity contribution in [3.63, 3.8) is 0 Å². The molecular formula is C19H19ClN4O. The monoisotopic (exact) mass is 354 g/mol. The van der Waals surface area contributed by atoms with Crippen molar-refractivity contribution in [1.29, 1.82) is 0 Å². The molecule has 0 aliphatic rings. The first kappa shape index (κ1) is 17.0. The van der Waals surface area contributed by atoms with Crippen LogP contribution >= 0.6 is 11.6 Å². The van der Waals surface area contributed by atoms with E-state index in [1.54, 1.807) is 10.9 Å². The molecule has 0 radical (unpaired) electrons. The van der Waals surface area contributed by atoms with Crippen LogP contribution in [0.15, 0.2) is 60.8 Å². The third-order valence-electron chi connectivity index (χ3n) is 3.94. The third kappa shape index (κ3) is 4.00. The number of urea groups is 1. The number of hydrogen-bond acceptors (Lipinski definition) is 2. The second-order valence-corrected chi connectivity index (χ2v) is 6.18. The number of nitrogens with one attached hydrogen (secondary N) is 2. The lowest BCUT2D eigenvalue weighted by molar-refractivity contribution is 0.249. The van der Waals surface area contributed by atoms with Crippen LogP contribution in [-0.2, 0) is 7.05 Å². The lowest BCUT2D eigenvalue weighted by atomic mass is 10.1. The van der Waals surface area contributed by atoms with Crippen LogP contribution in [0.25, 0.3) is 11.3 Å². The van der Waals surface area contributed by atoms with Crippen LogP contribution in [0, 0.1) is 0 Å². The maximum Gasteiger partial charge on any atom is 0.319 e. The molecule has 5 nitrogen and oxygen atoms in total. The number of carbonyl (C=O) groups is 1. The summed E-state index contributed by atoms with van der Waals surface area (Å²) in [5.41, 5.74) is 3.43. The summed E-state index contributed by atoms with van der Waals surface area (Å²) < 4.78 is 1.71. The van der Waals surface area contributed by atoms with Crippen LogP contribution in [0.5, 0.6) is 0 Å². The van der Waals surface area contributed by atoms with Crippen LogP contribution in [0.1, 0.15) is 18.5 Å². The van der Waals surface area contributed by atoms with Crippen molar-refractivity contribution in [1.82, 2.24) is 15.1 Å². The number of hydrogen-bond donors (Lipinski definition) is 2. The first-order chi connectivity index (χ1) is 12.0. The fraction of sp³-hybridized carbons (Fsp3) is 0.158. The Morgan fingerprint density at radius 2 is 1.92 bits per heavy atom. The largest absolute Gasteiger partial charge is 0.331 e. The van der Waals surface area contributed by atoms with Crippen LogP contribution in [-0.4, -0.2) is 15.8 Å². The van der Waals surface area contributed by atoms with E-state index in [1.165, 1.54) is 0 Å². The van der Waals surface area contributed by atoms with Crippen molar-refractivity contribution in [2.75, 3.05) is 5.32 Å². The van der Waals surface area contributed by atoms with E-state index in [9.17, 15) is 4.79 Å². The highest BCUT2D eigenvalue weighted by Gasteiger charge is 2.12. The van der Waals surface area contributed by atoms with Gasteiger partial charge in [-0.3, -0.25) is 4.68 Å². The van der Waals surface area contributed by atoms with Crippen LogP contribution < -0.4 is 10.6 Å². The van der Waals surface area contributed by atoms with Gasteiger partial charge < -0.3 is 10.6 Å². The standard InChI is InChI=1S/C19H19ClN4O/c1-13(14-7-4-3-5-8-14)22-19(25)23-16-10-6-9-15(11-16)18-17(20)12-21-24(18)2/h3-13H,1-2H3,(H2,22,23,25). The summed E-state index contributed by atoms with van der Waals surface area (Å²) in [5.74, 6) is 0. The molecule has 1 unspecified atom stereocenters. The molecule has 2 aromatic carbocycles. The quantitative estimate of drug-likeness (QED) is 0.718. The lowest BCUT2D eigenvalue weighted by Gasteiger charge is -2.15. The highest BCUT2D eigenvalue weighted by atomic mass is 35.5. The minimum Gasteiger partial charge on any atom is -0.331 e. The molecule has 0 saturated heterocycles. The molecule has 3 aromatic rings. The van der Waals surface area contributed by atoms with Crippen molar-refractivity contribution in [2.24, 2.45) is 7.05 Å². The number of aryl methyl sites for hydroxylation is 1. The average molecular weight is 355 g/mol. The van der Waals surface area contributed by atoms with E-state index >= 15 is 0 Å². The van der Waals surface area contributed by atoms with Gasteiger partial charge >= 0.3 is 6.03 Å². The van der Waals surface area contributed by atoms with E-state index in [0.29, 0.717) is 10.7 Å². The van der Waals surface area contributed by atoms with Crippen LogP contribution in [0.2, 0.25) is 5.02 Å². The van der Waals surface area contributed by atoms with E-state index in [4.69, 9.17) is 11.6 Å². The predicted molar refractivity (Wildman–Crippen MR) is 101 cm³/mol. The van der Waals surface area contributed by atoms with E-state index in [2.05, 4.69) is 15.7 Å². The van der Waals surface area contributed by atoms with E-state index in [-0.39, 0.29) is 12.1 Å². The Labute approximate surface area is 151 Å². The molecule has 128 valence electrons. The van der Waals surface area contributed by atoms with E-state index in [0.717, 1.165) is 16.8 Å². The summed E-state index contributed by atoms with van der Waals surface area (Å²) in [4.78, 5) is 12.3. The Morgan fingerprint density at radius 1 is 1.16 bits per heavy atom. The summed E-state index contributed by atoms with van der Waals surface area (Å²) in [5, 5.41) is 10.5. The molecule has 0 spiro atoms. The molecule has 3 rings (SSSR count). The van der Waals surface area contributed by atoms with Crippen molar-refractivity contribution >= 4 is 23.3 Å². The van der Waals surface area contributed by atoms with Gasteiger partial charge in [-0.15, -0.1) is 0 Å². The molecule has 2 amide bonds. The van der Waals surface area contributed by atoms with Gasteiger partial charge in [-0.2, -0.15) is 5.10 Å². The van der Waals surface area contributed by atoms with Crippen molar-refractivity contribution in [3.05, 3.63) is 71.4 Å². The molecule has 1 aromatic heterocycles. The zero-order valence-electron chi connectivity index (χ0n) is 14.0. The van der Waals surface area contributed by atoms with Gasteiger partial charge in [0.15, 0.2) is 0 Å². The molecule has 0 saturated carbocycles.